The molecule has 4 atom stereocenters. The molecule has 0 saturated carbocycles. The van der Waals surface area contributed by atoms with Crippen LogP contribution in [0, 0.1) is 12.7 Å². The van der Waals surface area contributed by atoms with E-state index in [1.54, 1.807) is 31.5 Å². The number of aliphatic carboxylic acids is 1. The van der Waals surface area contributed by atoms with Gasteiger partial charge in [0.25, 0.3) is 5.92 Å². The number of likely N-dealkylation sites (tertiary alicyclic amines) is 1. The van der Waals surface area contributed by atoms with Crippen LogP contribution in [0.2, 0.25) is 0 Å². The Labute approximate surface area is 249 Å². The molecule has 3 aliphatic rings. The summed E-state index contributed by atoms with van der Waals surface area (Å²) < 4.78 is 51.1. The Balaban J connectivity index is 1.51. The highest BCUT2D eigenvalue weighted by atomic mass is 32.1. The van der Waals surface area contributed by atoms with Crippen molar-refractivity contribution in [1.29, 1.82) is 0 Å². The number of thiazole rings is 1. The Morgan fingerprint density at radius 1 is 1.35 bits per heavy atom. The van der Waals surface area contributed by atoms with Crippen LogP contribution in [0.15, 0.2) is 46.0 Å². The van der Waals surface area contributed by atoms with E-state index >= 15 is 8.78 Å². The number of hydrogen-bond donors (Lipinski definition) is 3. The van der Waals surface area contributed by atoms with E-state index in [4.69, 9.17) is 14.6 Å². The van der Waals surface area contributed by atoms with Gasteiger partial charge in [-0.2, -0.15) is 5.06 Å². The summed E-state index contributed by atoms with van der Waals surface area (Å²) in [6.45, 7) is 3.18. The number of alkyl halides is 2. The number of aliphatic hydroxyl groups is 1. The number of hydrogen-bond acceptors (Lipinski definition) is 11. The Kier molecular flexibility index (Phi) is 8.64. The number of nitrogens with zero attached hydrogens (tertiary/aromatic N) is 4. The van der Waals surface area contributed by atoms with Gasteiger partial charge < -0.3 is 20.3 Å². The molecule has 2 aromatic rings. The minimum atomic E-state index is -3.26. The lowest BCUT2D eigenvalue weighted by Gasteiger charge is -2.31. The van der Waals surface area contributed by atoms with Crippen LogP contribution in [-0.4, -0.2) is 99.4 Å². The number of carbonyl (C=O) groups excluding carboxylic acids is 1. The summed E-state index contributed by atoms with van der Waals surface area (Å²) in [5, 5.41) is 25.7. The third kappa shape index (κ3) is 6.04. The molecule has 2 saturated heterocycles. The summed E-state index contributed by atoms with van der Waals surface area (Å²) in [5.41, 5.74) is -1.09. The van der Waals surface area contributed by atoms with Crippen LogP contribution >= 0.6 is 11.3 Å². The largest absolute Gasteiger partial charge is 0.479 e. The summed E-state index contributed by atoms with van der Waals surface area (Å²) in [5.74, 6) is -5.64. The molecule has 0 aliphatic carbocycles. The smallest absolute Gasteiger partial charge is 0.338 e. The van der Waals surface area contributed by atoms with Crippen molar-refractivity contribution in [2.45, 2.75) is 56.8 Å². The highest BCUT2D eigenvalue weighted by Gasteiger charge is 2.61. The normalized spacial score (nSPS) is 25.2. The van der Waals surface area contributed by atoms with E-state index < -0.39 is 53.9 Å². The predicted octanol–water partition coefficient (Wildman–Crippen LogP) is 2.66. The number of carboxylic acids is 1. The summed E-state index contributed by atoms with van der Waals surface area (Å²) in [6.07, 6.45) is 1.25. The van der Waals surface area contributed by atoms with E-state index in [9.17, 15) is 24.2 Å². The molecule has 0 bridgehead atoms. The second-order valence-corrected chi connectivity index (χ2v) is 11.7. The predicted molar refractivity (Wildman–Crippen MR) is 149 cm³/mol. The molecule has 11 nitrogen and oxygen atoms in total. The minimum absolute atomic E-state index is 0.0446. The van der Waals surface area contributed by atoms with Crippen molar-refractivity contribution < 1.29 is 42.5 Å². The molecular formula is C28H32F3N5O6S. The first-order valence-corrected chi connectivity index (χ1v) is 14.6. The number of esters is 1. The lowest BCUT2D eigenvalue weighted by atomic mass is 9.92. The summed E-state index contributed by atoms with van der Waals surface area (Å²) >= 11 is 1.28. The molecule has 5 rings (SSSR count). The molecular weight excluding hydrogens is 591 g/mol. The van der Waals surface area contributed by atoms with E-state index in [1.807, 2.05) is 0 Å². The second kappa shape index (κ2) is 12.0. The van der Waals surface area contributed by atoms with Gasteiger partial charge in [0.05, 0.1) is 31.4 Å². The summed E-state index contributed by atoms with van der Waals surface area (Å²) in [4.78, 5) is 40.8. The number of ether oxygens (including phenoxy) is 1. The molecule has 4 heterocycles. The van der Waals surface area contributed by atoms with Gasteiger partial charge in [0.2, 0.25) is 0 Å². The van der Waals surface area contributed by atoms with E-state index in [0.717, 1.165) is 12.0 Å². The Bertz CT molecular complexity index is 1450. The number of carboxylic acid groups (broad SMARTS) is 1. The molecule has 43 heavy (non-hydrogen) atoms. The number of hydroxylamine groups is 2. The first-order valence-electron chi connectivity index (χ1n) is 13.7. The topological polar surface area (TPSA) is 137 Å². The fraction of sp³-hybridized carbons (Fsp3) is 0.500. The number of carbonyl (C=O) groups is 2. The zero-order chi connectivity index (χ0) is 31.1. The molecule has 0 unspecified atom stereocenters. The number of aliphatic imine (C=N–C) groups is 1. The van der Waals surface area contributed by atoms with Gasteiger partial charge in [0.15, 0.2) is 16.4 Å². The molecule has 2 fully saturated rings. The lowest BCUT2D eigenvalue weighted by Crippen LogP contribution is -2.47. The van der Waals surface area contributed by atoms with Gasteiger partial charge in [0.1, 0.15) is 17.9 Å². The quantitative estimate of drug-likeness (QED) is 0.339. The maximum atomic E-state index is 15.5. The van der Waals surface area contributed by atoms with Crippen molar-refractivity contribution >= 4 is 29.1 Å². The van der Waals surface area contributed by atoms with Gasteiger partial charge in [-0.05, 0) is 38.0 Å². The van der Waals surface area contributed by atoms with Crippen molar-refractivity contribution in [1.82, 2.24) is 20.3 Å². The maximum absolute atomic E-state index is 15.5. The standard InChI is InChI=1S/C28H32F3N5O6S/c1-4-41-25(37)20-18(33-23(24-32-9-11-43-24)34-21(20)16-6-5-7-17(29)15(16)2)12-35-14-28(30,31)22-19(35)13-42-36(22)10-8-27(3,40)26(38)39/h5-7,9,11,19,21-22,40H,4,8,10,12-14H2,1-3H3,(H,33,34)(H,38,39)/t19-,21+,22+,27-/m1/s1. The van der Waals surface area contributed by atoms with E-state index in [0.29, 0.717) is 16.4 Å². The van der Waals surface area contributed by atoms with Crippen molar-refractivity contribution in [3.8, 4) is 0 Å². The molecule has 3 N–H and O–H groups in total. The molecule has 1 aromatic carbocycles. The number of aromatic nitrogens is 1. The molecule has 15 heteroatoms. The van der Waals surface area contributed by atoms with Crippen molar-refractivity contribution in [3.63, 3.8) is 0 Å². The first kappa shape index (κ1) is 31.1. The second-order valence-electron chi connectivity index (χ2n) is 10.9. The third-order valence-electron chi connectivity index (χ3n) is 7.90. The highest BCUT2D eigenvalue weighted by Crippen LogP contribution is 2.42. The summed E-state index contributed by atoms with van der Waals surface area (Å²) in [6, 6.07) is 1.23. The van der Waals surface area contributed by atoms with Crippen LogP contribution in [-0.2, 0) is 19.2 Å². The van der Waals surface area contributed by atoms with Gasteiger partial charge >= 0.3 is 11.9 Å². The van der Waals surface area contributed by atoms with E-state index in [-0.39, 0.29) is 49.6 Å². The SMILES string of the molecule is CCOC(=O)C1=C(CN2CC(F)(F)[C@@H]3[C@H]2CON3CC[C@@](C)(O)C(=O)O)NC(c2nccs2)=N[C@H]1c1cccc(F)c1C. The highest BCUT2D eigenvalue weighted by molar-refractivity contribution is 7.11. The third-order valence-corrected chi connectivity index (χ3v) is 8.68. The first-order chi connectivity index (χ1) is 20.3. The Hall–Kier alpha value is -3.37. The van der Waals surface area contributed by atoms with Crippen LogP contribution in [0.4, 0.5) is 13.2 Å². The Morgan fingerprint density at radius 2 is 2.12 bits per heavy atom. The fourth-order valence-corrected chi connectivity index (χ4v) is 6.18. The van der Waals surface area contributed by atoms with Crippen LogP contribution in [0.1, 0.15) is 42.4 Å². The number of halogens is 3. The molecule has 0 radical (unpaired) electrons. The zero-order valence-electron chi connectivity index (χ0n) is 23.7. The van der Waals surface area contributed by atoms with Gasteiger partial charge in [-0.1, -0.05) is 12.1 Å². The molecule has 1 aromatic heterocycles. The van der Waals surface area contributed by atoms with Crippen molar-refractivity contribution in [3.05, 3.63) is 63.0 Å². The molecule has 0 amide bonds. The average molecular weight is 624 g/mol. The average Bonchev–Trinajstić information content (AvgIpc) is 3.68. The summed E-state index contributed by atoms with van der Waals surface area (Å²) in [7, 11) is 0. The lowest BCUT2D eigenvalue weighted by molar-refractivity contribution is -0.190. The van der Waals surface area contributed by atoms with Crippen molar-refractivity contribution in [2.75, 3.05) is 32.8 Å². The van der Waals surface area contributed by atoms with Gasteiger partial charge in [-0.15, -0.1) is 11.3 Å². The van der Waals surface area contributed by atoms with Gasteiger partial charge in [-0.25, -0.2) is 27.7 Å². The van der Waals surface area contributed by atoms with Crippen LogP contribution in [0.5, 0.6) is 0 Å². The van der Waals surface area contributed by atoms with Gasteiger partial charge in [0, 0.05) is 36.8 Å². The van der Waals surface area contributed by atoms with E-state index in [2.05, 4.69) is 10.3 Å². The van der Waals surface area contributed by atoms with E-state index in [1.165, 1.54) is 28.4 Å². The molecule has 0 spiro atoms. The van der Waals surface area contributed by atoms with Crippen LogP contribution < -0.4 is 5.32 Å². The van der Waals surface area contributed by atoms with Crippen molar-refractivity contribution in [2.24, 2.45) is 4.99 Å². The number of rotatable bonds is 10. The van der Waals surface area contributed by atoms with Crippen LogP contribution in [0.25, 0.3) is 0 Å². The monoisotopic (exact) mass is 623 g/mol. The minimum Gasteiger partial charge on any atom is -0.479 e. The number of fused-ring (bicyclic) bond motifs is 1. The zero-order valence-corrected chi connectivity index (χ0v) is 24.5. The number of benzene rings is 1. The van der Waals surface area contributed by atoms with Crippen LogP contribution in [0.3, 0.4) is 0 Å². The number of nitrogens with one attached hydrogen (secondary N) is 1. The Morgan fingerprint density at radius 3 is 2.79 bits per heavy atom. The van der Waals surface area contributed by atoms with Gasteiger partial charge in [-0.3, -0.25) is 14.7 Å². The molecule has 3 aliphatic heterocycles. The molecule has 232 valence electrons. The fourth-order valence-electron chi connectivity index (χ4n) is 5.59. The number of amidine groups is 1. The maximum Gasteiger partial charge on any atom is 0.338 e.